The molecule has 0 atom stereocenters. The van der Waals surface area contributed by atoms with Crippen molar-refractivity contribution >= 4 is 5.97 Å². The highest BCUT2D eigenvalue weighted by Gasteiger charge is 2.14. The number of carbonyl (C=O) groups is 1. The molecule has 0 aromatic heterocycles. The molecule has 5 heteroatoms. The van der Waals surface area contributed by atoms with Gasteiger partial charge in [-0.25, -0.2) is 5.01 Å². The van der Waals surface area contributed by atoms with Crippen LogP contribution in [0.3, 0.4) is 0 Å². The molecule has 13 heavy (non-hydrogen) atoms. The molecule has 5 nitrogen and oxygen atoms in total. The molecular weight excluding hydrogens is 170 g/mol. The molecule has 0 aliphatic carbocycles. The van der Waals surface area contributed by atoms with Gasteiger partial charge in [-0.3, -0.25) is 10.6 Å². The monoisotopic (exact) mass is 187 g/mol. The van der Waals surface area contributed by atoms with E-state index < -0.39 is 0 Å². The van der Waals surface area contributed by atoms with Crippen LogP contribution in [0.1, 0.15) is 6.42 Å². The van der Waals surface area contributed by atoms with Gasteiger partial charge >= 0.3 is 5.97 Å². The van der Waals surface area contributed by atoms with Gasteiger partial charge in [-0.2, -0.15) is 0 Å². The second kappa shape index (κ2) is 5.16. The summed E-state index contributed by atoms with van der Waals surface area (Å²) in [6.45, 7) is 4.41. The first-order valence-electron chi connectivity index (χ1n) is 4.51. The normalized spacial score (nSPS) is 20.2. The Balaban J connectivity index is 2.12. The number of carbonyl (C=O) groups excluding carboxylic acids is 1. The molecule has 1 saturated heterocycles. The van der Waals surface area contributed by atoms with E-state index >= 15 is 0 Å². The summed E-state index contributed by atoms with van der Waals surface area (Å²) in [6, 6.07) is 0. The predicted molar refractivity (Wildman–Crippen MR) is 48.8 cm³/mol. The van der Waals surface area contributed by atoms with Crippen molar-refractivity contribution in [2.75, 3.05) is 39.8 Å². The SMILES string of the molecule is COC(=O)CCN1CCN(N)CC1. The van der Waals surface area contributed by atoms with Crippen molar-refractivity contribution < 1.29 is 9.53 Å². The van der Waals surface area contributed by atoms with E-state index in [1.165, 1.54) is 7.11 Å². The molecule has 0 aromatic rings. The van der Waals surface area contributed by atoms with E-state index in [2.05, 4.69) is 9.64 Å². The molecule has 1 heterocycles. The van der Waals surface area contributed by atoms with Crippen molar-refractivity contribution in [3.63, 3.8) is 0 Å². The molecule has 0 spiro atoms. The van der Waals surface area contributed by atoms with Gasteiger partial charge in [-0.15, -0.1) is 0 Å². The Bertz CT molecular complexity index is 167. The number of hydrogen-bond donors (Lipinski definition) is 1. The van der Waals surface area contributed by atoms with E-state index in [-0.39, 0.29) is 5.97 Å². The van der Waals surface area contributed by atoms with Crippen LogP contribution in [0.5, 0.6) is 0 Å². The molecule has 76 valence electrons. The quantitative estimate of drug-likeness (QED) is 0.455. The van der Waals surface area contributed by atoms with Gasteiger partial charge in [0.25, 0.3) is 0 Å². The lowest BCUT2D eigenvalue weighted by atomic mass is 10.3. The van der Waals surface area contributed by atoms with Crippen molar-refractivity contribution in [2.45, 2.75) is 6.42 Å². The third-order valence-corrected chi connectivity index (χ3v) is 2.27. The summed E-state index contributed by atoms with van der Waals surface area (Å²) in [6.07, 6.45) is 0.473. The summed E-state index contributed by atoms with van der Waals surface area (Å²) >= 11 is 0. The zero-order valence-electron chi connectivity index (χ0n) is 8.03. The maximum atomic E-state index is 10.8. The lowest BCUT2D eigenvalue weighted by Crippen LogP contribution is -2.49. The number of ether oxygens (including phenoxy) is 1. The molecule has 1 fully saturated rings. The van der Waals surface area contributed by atoms with Crippen LogP contribution in [-0.4, -0.2) is 55.7 Å². The molecular formula is C8H17N3O2. The summed E-state index contributed by atoms with van der Waals surface area (Å²) in [5.74, 6) is 5.45. The first-order chi connectivity index (χ1) is 6.22. The lowest BCUT2D eigenvalue weighted by molar-refractivity contribution is -0.141. The fourth-order valence-electron chi connectivity index (χ4n) is 1.34. The molecule has 2 N–H and O–H groups in total. The van der Waals surface area contributed by atoms with Gasteiger partial charge in [0.15, 0.2) is 0 Å². The Morgan fingerprint density at radius 3 is 2.54 bits per heavy atom. The Labute approximate surface area is 78.4 Å². The highest BCUT2D eigenvalue weighted by molar-refractivity contribution is 5.69. The number of piperazine rings is 1. The van der Waals surface area contributed by atoms with E-state index in [1.54, 1.807) is 5.01 Å². The maximum absolute atomic E-state index is 10.8. The van der Waals surface area contributed by atoms with Crippen LogP contribution < -0.4 is 5.84 Å². The van der Waals surface area contributed by atoms with Crippen LogP contribution in [0.4, 0.5) is 0 Å². The minimum absolute atomic E-state index is 0.143. The fourth-order valence-corrected chi connectivity index (χ4v) is 1.34. The van der Waals surface area contributed by atoms with Crippen molar-refractivity contribution in [2.24, 2.45) is 5.84 Å². The average molecular weight is 187 g/mol. The molecule has 0 unspecified atom stereocenters. The number of methoxy groups -OCH3 is 1. The number of nitrogens with two attached hydrogens (primary N) is 1. The van der Waals surface area contributed by atoms with Gasteiger partial charge in [0.1, 0.15) is 0 Å². The summed E-state index contributed by atoms with van der Waals surface area (Å²) < 4.78 is 4.56. The molecule has 1 aliphatic rings. The first-order valence-corrected chi connectivity index (χ1v) is 4.51. The minimum atomic E-state index is -0.143. The highest BCUT2D eigenvalue weighted by atomic mass is 16.5. The Kier molecular flexibility index (Phi) is 4.14. The van der Waals surface area contributed by atoms with E-state index in [4.69, 9.17) is 5.84 Å². The van der Waals surface area contributed by atoms with E-state index in [9.17, 15) is 4.79 Å². The number of hydrazine groups is 1. The standard InChI is InChI=1S/C8H17N3O2/c1-13-8(12)2-3-10-4-6-11(9)7-5-10/h2-7,9H2,1H3. The molecule has 1 aliphatic heterocycles. The molecule has 0 saturated carbocycles. The number of esters is 1. The smallest absolute Gasteiger partial charge is 0.306 e. The summed E-state index contributed by atoms with van der Waals surface area (Å²) in [5, 5.41) is 1.80. The molecule has 0 bridgehead atoms. The number of rotatable bonds is 3. The zero-order valence-corrected chi connectivity index (χ0v) is 8.03. The Morgan fingerprint density at radius 1 is 1.38 bits per heavy atom. The van der Waals surface area contributed by atoms with Crippen LogP contribution in [0.15, 0.2) is 0 Å². The van der Waals surface area contributed by atoms with Gasteiger partial charge < -0.3 is 9.64 Å². The van der Waals surface area contributed by atoms with E-state index in [1.807, 2.05) is 0 Å². The minimum Gasteiger partial charge on any atom is -0.469 e. The van der Waals surface area contributed by atoms with Gasteiger partial charge in [0, 0.05) is 32.7 Å². The van der Waals surface area contributed by atoms with Crippen molar-refractivity contribution in [3.05, 3.63) is 0 Å². The second-order valence-corrected chi connectivity index (χ2v) is 3.20. The molecule has 0 radical (unpaired) electrons. The summed E-state index contributed by atoms with van der Waals surface area (Å²) in [5.41, 5.74) is 0. The highest BCUT2D eigenvalue weighted by Crippen LogP contribution is 1.98. The van der Waals surface area contributed by atoms with Gasteiger partial charge in [0.2, 0.25) is 0 Å². The molecule has 1 rings (SSSR count). The number of hydrogen-bond acceptors (Lipinski definition) is 5. The second-order valence-electron chi connectivity index (χ2n) is 3.20. The zero-order chi connectivity index (χ0) is 9.68. The van der Waals surface area contributed by atoms with Gasteiger partial charge in [0.05, 0.1) is 13.5 Å². The first kappa shape index (κ1) is 10.4. The van der Waals surface area contributed by atoms with Gasteiger partial charge in [-0.1, -0.05) is 0 Å². The van der Waals surface area contributed by atoms with Crippen molar-refractivity contribution in [3.8, 4) is 0 Å². The maximum Gasteiger partial charge on any atom is 0.306 e. The summed E-state index contributed by atoms with van der Waals surface area (Å²) in [4.78, 5) is 13.1. The molecule has 0 aromatic carbocycles. The van der Waals surface area contributed by atoms with Crippen LogP contribution >= 0.6 is 0 Å². The van der Waals surface area contributed by atoms with Crippen LogP contribution in [0.25, 0.3) is 0 Å². The van der Waals surface area contributed by atoms with Crippen molar-refractivity contribution in [1.82, 2.24) is 9.91 Å². The topological polar surface area (TPSA) is 58.8 Å². The number of nitrogens with zero attached hydrogens (tertiary/aromatic N) is 2. The summed E-state index contributed by atoms with van der Waals surface area (Å²) in [7, 11) is 1.42. The predicted octanol–water partition coefficient (Wildman–Crippen LogP) is -0.959. The van der Waals surface area contributed by atoms with E-state index in [0.717, 1.165) is 32.7 Å². The Hall–Kier alpha value is -0.650. The van der Waals surface area contributed by atoms with Crippen LogP contribution in [0.2, 0.25) is 0 Å². The lowest BCUT2D eigenvalue weighted by Gasteiger charge is -2.31. The van der Waals surface area contributed by atoms with Crippen LogP contribution in [-0.2, 0) is 9.53 Å². The van der Waals surface area contributed by atoms with Crippen molar-refractivity contribution in [1.29, 1.82) is 0 Å². The Morgan fingerprint density at radius 2 is 2.00 bits per heavy atom. The largest absolute Gasteiger partial charge is 0.469 e. The van der Waals surface area contributed by atoms with Gasteiger partial charge in [-0.05, 0) is 0 Å². The van der Waals surface area contributed by atoms with Crippen LogP contribution in [0, 0.1) is 0 Å². The third kappa shape index (κ3) is 3.71. The molecule has 0 amide bonds. The average Bonchev–Trinajstić information content (AvgIpc) is 2.16. The fraction of sp³-hybridized carbons (Fsp3) is 0.875. The third-order valence-electron chi connectivity index (χ3n) is 2.27. The van der Waals surface area contributed by atoms with E-state index in [0.29, 0.717) is 6.42 Å².